The van der Waals surface area contributed by atoms with E-state index in [0.29, 0.717) is 31.9 Å². The molecule has 6 nitrogen and oxygen atoms in total. The number of nitrogens with one attached hydrogen (secondary N) is 2. The van der Waals surface area contributed by atoms with Gasteiger partial charge in [-0.15, -0.1) is 0 Å². The van der Waals surface area contributed by atoms with E-state index in [2.05, 4.69) is 10.3 Å². The third-order valence-electron chi connectivity index (χ3n) is 3.60. The summed E-state index contributed by atoms with van der Waals surface area (Å²) in [4.78, 5) is 28.9. The zero-order chi connectivity index (χ0) is 14.7. The maximum absolute atomic E-state index is 12.2. The highest BCUT2D eigenvalue weighted by Gasteiger charge is 2.18. The van der Waals surface area contributed by atoms with Gasteiger partial charge in [0.15, 0.2) is 0 Å². The summed E-state index contributed by atoms with van der Waals surface area (Å²) in [5.41, 5.74) is 1.46. The van der Waals surface area contributed by atoms with Crippen LogP contribution in [0.2, 0.25) is 0 Å². The van der Waals surface area contributed by atoms with Gasteiger partial charge in [-0.1, -0.05) is 18.2 Å². The van der Waals surface area contributed by atoms with Gasteiger partial charge in [-0.05, 0) is 6.07 Å². The van der Waals surface area contributed by atoms with Gasteiger partial charge in [-0.2, -0.15) is 0 Å². The smallest absolute Gasteiger partial charge is 0.253 e. The number of aromatic amines is 1. The molecule has 0 radical (unpaired) electrons. The summed E-state index contributed by atoms with van der Waals surface area (Å²) in [6, 6.07) is 7.57. The molecule has 0 atom stereocenters. The Kier molecular flexibility index (Phi) is 3.87. The van der Waals surface area contributed by atoms with Crippen LogP contribution in [-0.4, -0.2) is 54.5 Å². The number of hydrogen-bond acceptors (Lipinski definition) is 3. The predicted molar refractivity (Wildman–Crippen MR) is 78.0 cm³/mol. The number of para-hydroxylation sites is 1. The Bertz CT molecular complexity index is 659. The number of aromatic nitrogens is 1. The Labute approximate surface area is 122 Å². The van der Waals surface area contributed by atoms with Crippen LogP contribution in [0.5, 0.6) is 0 Å². The van der Waals surface area contributed by atoms with Crippen molar-refractivity contribution in [2.75, 3.05) is 32.8 Å². The number of amides is 2. The van der Waals surface area contributed by atoms with E-state index >= 15 is 0 Å². The van der Waals surface area contributed by atoms with Crippen molar-refractivity contribution in [2.45, 2.75) is 0 Å². The fourth-order valence-corrected chi connectivity index (χ4v) is 2.44. The fourth-order valence-electron chi connectivity index (χ4n) is 2.44. The van der Waals surface area contributed by atoms with Crippen molar-refractivity contribution < 1.29 is 14.3 Å². The van der Waals surface area contributed by atoms with E-state index in [1.807, 2.05) is 24.3 Å². The number of nitrogens with zero attached hydrogens (tertiary/aromatic N) is 1. The lowest BCUT2D eigenvalue weighted by Crippen LogP contribution is -2.45. The summed E-state index contributed by atoms with van der Waals surface area (Å²) in [7, 11) is 0. The molecule has 2 amide bonds. The topological polar surface area (TPSA) is 74.4 Å². The molecule has 2 aromatic rings. The lowest BCUT2D eigenvalue weighted by atomic mass is 10.1. The molecule has 0 bridgehead atoms. The van der Waals surface area contributed by atoms with E-state index < -0.39 is 0 Å². The van der Waals surface area contributed by atoms with Gasteiger partial charge >= 0.3 is 0 Å². The molecule has 2 N–H and O–H groups in total. The van der Waals surface area contributed by atoms with Gasteiger partial charge in [0.1, 0.15) is 0 Å². The molecule has 0 aliphatic carbocycles. The fraction of sp³-hybridized carbons (Fsp3) is 0.333. The number of rotatable bonds is 3. The standard InChI is InChI=1S/C15H17N3O3/c19-14(18-5-7-21-8-6-18)10-17-15(20)12-9-16-13-4-2-1-3-11(12)13/h1-4,9,16H,5-8,10H2,(H,17,20). The van der Waals surface area contributed by atoms with Crippen molar-refractivity contribution in [3.8, 4) is 0 Å². The zero-order valence-corrected chi connectivity index (χ0v) is 11.6. The highest BCUT2D eigenvalue weighted by atomic mass is 16.5. The van der Waals surface area contributed by atoms with Crippen LogP contribution in [0.25, 0.3) is 10.9 Å². The Hall–Kier alpha value is -2.34. The average Bonchev–Trinajstić information content (AvgIpc) is 2.97. The van der Waals surface area contributed by atoms with Gasteiger partial charge < -0.3 is 19.9 Å². The summed E-state index contributed by atoms with van der Waals surface area (Å²) >= 11 is 0. The van der Waals surface area contributed by atoms with Crippen LogP contribution < -0.4 is 5.32 Å². The minimum atomic E-state index is -0.242. The average molecular weight is 287 g/mol. The number of benzene rings is 1. The molecule has 0 saturated carbocycles. The van der Waals surface area contributed by atoms with Gasteiger partial charge in [-0.3, -0.25) is 9.59 Å². The molecule has 2 heterocycles. The van der Waals surface area contributed by atoms with Gasteiger partial charge in [0.25, 0.3) is 5.91 Å². The molecule has 1 saturated heterocycles. The minimum absolute atomic E-state index is 0.0122. The molecule has 0 spiro atoms. The molecular weight excluding hydrogens is 270 g/mol. The SMILES string of the molecule is O=C(NCC(=O)N1CCOCC1)c1c[nH]c2ccccc12. The van der Waals surface area contributed by atoms with E-state index in [-0.39, 0.29) is 18.4 Å². The molecule has 1 aliphatic rings. The summed E-state index contributed by atoms with van der Waals surface area (Å²) in [5.74, 6) is -0.319. The summed E-state index contributed by atoms with van der Waals surface area (Å²) < 4.78 is 5.20. The van der Waals surface area contributed by atoms with E-state index in [0.717, 1.165) is 10.9 Å². The van der Waals surface area contributed by atoms with E-state index in [9.17, 15) is 9.59 Å². The van der Waals surface area contributed by atoms with Crippen molar-refractivity contribution in [2.24, 2.45) is 0 Å². The van der Waals surface area contributed by atoms with Gasteiger partial charge in [0, 0.05) is 30.2 Å². The maximum Gasteiger partial charge on any atom is 0.253 e. The molecule has 1 aromatic heterocycles. The molecule has 1 aliphatic heterocycles. The number of carbonyl (C=O) groups is 2. The molecule has 21 heavy (non-hydrogen) atoms. The second kappa shape index (κ2) is 5.97. The van der Waals surface area contributed by atoms with Crippen molar-refractivity contribution in [1.82, 2.24) is 15.2 Å². The highest BCUT2D eigenvalue weighted by molar-refractivity contribution is 6.07. The van der Waals surface area contributed by atoms with Crippen molar-refractivity contribution >= 4 is 22.7 Å². The largest absolute Gasteiger partial charge is 0.378 e. The van der Waals surface area contributed by atoms with E-state index in [1.54, 1.807) is 11.1 Å². The monoisotopic (exact) mass is 287 g/mol. The number of ether oxygens (including phenoxy) is 1. The van der Waals surface area contributed by atoms with Crippen LogP contribution in [0.15, 0.2) is 30.5 Å². The Morgan fingerprint density at radius 3 is 2.81 bits per heavy atom. The van der Waals surface area contributed by atoms with Crippen LogP contribution in [0, 0.1) is 0 Å². The molecule has 0 unspecified atom stereocenters. The first-order chi connectivity index (χ1) is 10.3. The first kappa shape index (κ1) is 13.6. The second-order valence-electron chi connectivity index (χ2n) is 4.92. The van der Waals surface area contributed by atoms with Gasteiger partial charge in [0.05, 0.1) is 25.3 Å². The van der Waals surface area contributed by atoms with Crippen molar-refractivity contribution in [1.29, 1.82) is 0 Å². The molecule has 3 rings (SSSR count). The van der Waals surface area contributed by atoms with Crippen LogP contribution in [-0.2, 0) is 9.53 Å². The maximum atomic E-state index is 12.2. The molecule has 1 fully saturated rings. The van der Waals surface area contributed by atoms with E-state index in [1.165, 1.54) is 0 Å². The van der Waals surface area contributed by atoms with Crippen molar-refractivity contribution in [3.63, 3.8) is 0 Å². The second-order valence-corrected chi connectivity index (χ2v) is 4.92. The van der Waals surface area contributed by atoms with Gasteiger partial charge in [0.2, 0.25) is 5.91 Å². The molecule has 1 aromatic carbocycles. The summed E-state index contributed by atoms with van der Waals surface area (Å²) in [5, 5.41) is 3.54. The number of H-pyrrole nitrogens is 1. The highest BCUT2D eigenvalue weighted by Crippen LogP contribution is 2.17. The third kappa shape index (κ3) is 2.90. The zero-order valence-electron chi connectivity index (χ0n) is 11.6. The normalized spacial score (nSPS) is 15.1. The number of carbonyl (C=O) groups excluding carboxylic acids is 2. The van der Waals surface area contributed by atoms with Crippen LogP contribution >= 0.6 is 0 Å². The molecule has 110 valence electrons. The summed E-state index contributed by atoms with van der Waals surface area (Å²) in [6.45, 7) is 2.30. The minimum Gasteiger partial charge on any atom is -0.378 e. The number of fused-ring (bicyclic) bond motifs is 1. The Morgan fingerprint density at radius 1 is 1.24 bits per heavy atom. The van der Waals surface area contributed by atoms with Gasteiger partial charge in [-0.25, -0.2) is 0 Å². The summed E-state index contributed by atoms with van der Waals surface area (Å²) in [6.07, 6.45) is 1.67. The Balaban J connectivity index is 1.62. The molecule has 6 heteroatoms. The first-order valence-corrected chi connectivity index (χ1v) is 6.95. The van der Waals surface area contributed by atoms with Crippen molar-refractivity contribution in [3.05, 3.63) is 36.0 Å². The third-order valence-corrected chi connectivity index (χ3v) is 3.60. The lowest BCUT2D eigenvalue weighted by Gasteiger charge is -2.26. The lowest BCUT2D eigenvalue weighted by molar-refractivity contribution is -0.134. The Morgan fingerprint density at radius 2 is 2.00 bits per heavy atom. The van der Waals surface area contributed by atoms with Crippen LogP contribution in [0.4, 0.5) is 0 Å². The first-order valence-electron chi connectivity index (χ1n) is 6.95. The number of hydrogen-bond donors (Lipinski definition) is 2. The quantitative estimate of drug-likeness (QED) is 0.875. The van der Waals surface area contributed by atoms with Crippen LogP contribution in [0.1, 0.15) is 10.4 Å². The van der Waals surface area contributed by atoms with Crippen LogP contribution in [0.3, 0.4) is 0 Å². The number of morpholine rings is 1. The molecular formula is C15H17N3O3. The predicted octanol–water partition coefficient (Wildman–Crippen LogP) is 0.757. The van der Waals surface area contributed by atoms with E-state index in [4.69, 9.17) is 4.74 Å².